The highest BCUT2D eigenvalue weighted by atomic mass is 32.2. The minimum atomic E-state index is -3.96. The third-order valence-electron chi connectivity index (χ3n) is 4.41. The Balaban J connectivity index is 1.93. The number of carbonyl (C=O) groups excluding carboxylic acids is 1. The van der Waals surface area contributed by atoms with Crippen LogP contribution in [0.25, 0.3) is 0 Å². The van der Waals surface area contributed by atoms with Crippen molar-refractivity contribution >= 4 is 15.9 Å². The van der Waals surface area contributed by atoms with E-state index in [2.05, 4.69) is 0 Å². The molecule has 1 aliphatic rings. The fourth-order valence-electron chi connectivity index (χ4n) is 3.21. The van der Waals surface area contributed by atoms with Gasteiger partial charge in [-0.1, -0.05) is 12.8 Å². The van der Waals surface area contributed by atoms with Gasteiger partial charge < -0.3 is 13.9 Å². The van der Waals surface area contributed by atoms with E-state index in [4.69, 9.17) is 9.56 Å². The molecule has 2 aromatic heterocycles. The van der Waals surface area contributed by atoms with E-state index in [0.717, 1.165) is 31.4 Å². The highest BCUT2D eigenvalue weighted by molar-refractivity contribution is 7.89. The van der Waals surface area contributed by atoms with Gasteiger partial charge in [-0.25, -0.2) is 13.6 Å². The number of aromatic nitrogens is 1. The molecule has 3 rings (SSSR count). The molecule has 0 aliphatic carbocycles. The van der Waals surface area contributed by atoms with Crippen molar-refractivity contribution in [1.82, 2.24) is 9.47 Å². The minimum absolute atomic E-state index is 0.000124. The average molecular weight is 351 g/mol. The number of primary sulfonamides is 1. The monoisotopic (exact) mass is 351 g/mol. The van der Waals surface area contributed by atoms with Crippen LogP contribution in [0.5, 0.6) is 0 Å². The topological polar surface area (TPSA) is 98.5 Å². The number of rotatable bonds is 3. The van der Waals surface area contributed by atoms with Gasteiger partial charge in [-0.05, 0) is 37.1 Å². The number of hydrogen-bond donors (Lipinski definition) is 1. The van der Waals surface area contributed by atoms with Gasteiger partial charge in [0.05, 0.1) is 6.04 Å². The van der Waals surface area contributed by atoms with Crippen molar-refractivity contribution in [1.29, 1.82) is 0 Å². The Hall–Kier alpha value is -2.06. The number of carbonyl (C=O) groups is 1. The summed E-state index contributed by atoms with van der Waals surface area (Å²) in [5.41, 5.74) is 1.06. The molecule has 2 aromatic rings. The molecule has 0 radical (unpaired) electrons. The quantitative estimate of drug-likeness (QED) is 0.914. The van der Waals surface area contributed by atoms with Crippen LogP contribution in [0.15, 0.2) is 40.0 Å². The van der Waals surface area contributed by atoms with Gasteiger partial charge in [0.2, 0.25) is 5.09 Å². The zero-order valence-electron chi connectivity index (χ0n) is 13.5. The van der Waals surface area contributed by atoms with Gasteiger partial charge in [-0.3, -0.25) is 4.79 Å². The summed E-state index contributed by atoms with van der Waals surface area (Å²) in [5, 5.41) is 4.66. The smallest absolute Gasteiger partial charge is 0.290 e. The summed E-state index contributed by atoms with van der Waals surface area (Å²) in [6.07, 6.45) is 5.84. The molecular formula is C16H21N3O4S. The molecule has 130 valence electrons. The lowest BCUT2D eigenvalue weighted by molar-refractivity contribution is 0.0636. The Bertz CT molecular complexity index is 837. The molecule has 0 aromatic carbocycles. The van der Waals surface area contributed by atoms with E-state index >= 15 is 0 Å². The van der Waals surface area contributed by atoms with Crippen molar-refractivity contribution in [3.63, 3.8) is 0 Å². The average Bonchev–Trinajstić information content (AvgIpc) is 3.10. The van der Waals surface area contributed by atoms with E-state index in [1.54, 1.807) is 4.90 Å². The molecule has 1 atom stereocenters. The fourth-order valence-corrected chi connectivity index (χ4v) is 3.67. The molecule has 2 N–H and O–H groups in total. The number of amides is 1. The van der Waals surface area contributed by atoms with Gasteiger partial charge >= 0.3 is 0 Å². The van der Waals surface area contributed by atoms with Crippen molar-refractivity contribution in [2.75, 3.05) is 6.54 Å². The SMILES string of the molecule is Cn1cccc1C1CCCCCN1C(=O)c1ccc(S(N)(=O)=O)o1. The lowest BCUT2D eigenvalue weighted by Gasteiger charge is -2.30. The van der Waals surface area contributed by atoms with Crippen LogP contribution in [-0.4, -0.2) is 30.3 Å². The number of furan rings is 1. The molecule has 3 heterocycles. The van der Waals surface area contributed by atoms with Crippen LogP contribution in [-0.2, 0) is 17.1 Å². The van der Waals surface area contributed by atoms with Crippen LogP contribution >= 0.6 is 0 Å². The number of likely N-dealkylation sites (tertiary alicyclic amines) is 1. The first-order chi connectivity index (χ1) is 11.4. The summed E-state index contributed by atoms with van der Waals surface area (Å²) in [7, 11) is -2.01. The summed E-state index contributed by atoms with van der Waals surface area (Å²) >= 11 is 0. The molecule has 24 heavy (non-hydrogen) atoms. The molecule has 0 bridgehead atoms. The van der Waals surface area contributed by atoms with Crippen LogP contribution in [0.3, 0.4) is 0 Å². The van der Waals surface area contributed by atoms with Crippen LogP contribution < -0.4 is 5.14 Å². The molecule has 1 aliphatic heterocycles. The molecule has 1 fully saturated rings. The van der Waals surface area contributed by atoms with Gasteiger partial charge in [0.15, 0.2) is 5.76 Å². The van der Waals surface area contributed by atoms with E-state index in [0.29, 0.717) is 6.54 Å². The molecule has 1 saturated heterocycles. The highest BCUT2D eigenvalue weighted by Gasteiger charge is 2.31. The lowest BCUT2D eigenvalue weighted by atomic mass is 10.1. The van der Waals surface area contributed by atoms with E-state index in [1.165, 1.54) is 12.1 Å². The number of aryl methyl sites for hydroxylation is 1. The second-order valence-electron chi connectivity index (χ2n) is 6.07. The molecule has 8 heteroatoms. The largest absolute Gasteiger partial charge is 0.438 e. The third-order valence-corrected chi connectivity index (χ3v) is 5.19. The summed E-state index contributed by atoms with van der Waals surface area (Å²) in [6, 6.07) is 6.50. The molecule has 0 spiro atoms. The number of nitrogens with two attached hydrogens (primary N) is 1. The first kappa shape index (κ1) is 16.8. The predicted octanol–water partition coefficient (Wildman–Crippen LogP) is 2.02. The first-order valence-electron chi connectivity index (χ1n) is 7.93. The van der Waals surface area contributed by atoms with E-state index in [-0.39, 0.29) is 17.7 Å². The van der Waals surface area contributed by atoms with Crippen LogP contribution in [0, 0.1) is 0 Å². The molecule has 1 unspecified atom stereocenters. The fraction of sp³-hybridized carbons (Fsp3) is 0.438. The number of hydrogen-bond acceptors (Lipinski definition) is 4. The maximum absolute atomic E-state index is 12.9. The van der Waals surface area contributed by atoms with Crippen molar-refractivity contribution in [2.24, 2.45) is 12.2 Å². The zero-order chi connectivity index (χ0) is 17.3. The summed E-state index contributed by atoms with van der Waals surface area (Å²) in [6.45, 7) is 0.611. The second kappa shape index (κ2) is 6.45. The predicted molar refractivity (Wildman–Crippen MR) is 87.7 cm³/mol. The van der Waals surface area contributed by atoms with Crippen molar-refractivity contribution in [3.8, 4) is 0 Å². The standard InChI is InChI=1S/C16H21N3O4S/c1-18-10-5-7-12(18)13-6-3-2-4-11-19(13)16(20)14-8-9-15(23-14)24(17,21)22/h5,7-10,13H,2-4,6,11H2,1H3,(H2,17,21,22). The third kappa shape index (κ3) is 3.25. The van der Waals surface area contributed by atoms with Crippen LogP contribution in [0.2, 0.25) is 0 Å². The lowest BCUT2D eigenvalue weighted by Crippen LogP contribution is -2.35. The summed E-state index contributed by atoms with van der Waals surface area (Å²) in [4.78, 5) is 14.7. The van der Waals surface area contributed by atoms with Crippen molar-refractivity contribution in [3.05, 3.63) is 41.9 Å². The second-order valence-corrected chi connectivity index (χ2v) is 7.56. The van der Waals surface area contributed by atoms with Gasteiger partial charge in [0.1, 0.15) is 0 Å². The van der Waals surface area contributed by atoms with E-state index < -0.39 is 15.1 Å². The van der Waals surface area contributed by atoms with Crippen molar-refractivity contribution < 1.29 is 17.6 Å². The van der Waals surface area contributed by atoms with Gasteiger partial charge in [0, 0.05) is 25.5 Å². The highest BCUT2D eigenvalue weighted by Crippen LogP contribution is 2.31. The Morgan fingerprint density at radius 3 is 2.67 bits per heavy atom. The Morgan fingerprint density at radius 2 is 2.04 bits per heavy atom. The number of sulfonamides is 1. The van der Waals surface area contributed by atoms with Crippen LogP contribution in [0.1, 0.15) is 48.0 Å². The zero-order valence-corrected chi connectivity index (χ0v) is 14.3. The summed E-state index contributed by atoms with van der Waals surface area (Å²) < 4.78 is 29.9. The van der Waals surface area contributed by atoms with Gasteiger partial charge in [-0.2, -0.15) is 0 Å². The molecule has 0 saturated carbocycles. The molecule has 7 nitrogen and oxygen atoms in total. The molecule has 1 amide bonds. The van der Waals surface area contributed by atoms with Gasteiger partial charge in [0.25, 0.3) is 15.9 Å². The Labute approximate surface area is 141 Å². The number of nitrogens with zero attached hydrogens (tertiary/aromatic N) is 2. The summed E-state index contributed by atoms with van der Waals surface area (Å²) in [5.74, 6) is -0.307. The normalized spacial score (nSPS) is 19.2. The maximum Gasteiger partial charge on any atom is 0.290 e. The van der Waals surface area contributed by atoms with Gasteiger partial charge in [-0.15, -0.1) is 0 Å². The minimum Gasteiger partial charge on any atom is -0.438 e. The molecular weight excluding hydrogens is 330 g/mol. The Kier molecular flexibility index (Phi) is 4.51. The van der Waals surface area contributed by atoms with E-state index in [1.807, 2.05) is 29.9 Å². The Morgan fingerprint density at radius 1 is 1.25 bits per heavy atom. The maximum atomic E-state index is 12.9. The first-order valence-corrected chi connectivity index (χ1v) is 9.47. The van der Waals surface area contributed by atoms with Crippen molar-refractivity contribution in [2.45, 2.75) is 36.8 Å². The van der Waals surface area contributed by atoms with Crippen LogP contribution in [0.4, 0.5) is 0 Å². The van der Waals surface area contributed by atoms with E-state index in [9.17, 15) is 13.2 Å².